The van der Waals surface area contributed by atoms with Gasteiger partial charge in [0.05, 0.1) is 0 Å². The smallest absolute Gasteiger partial charge is 0.268 e. The number of hydrogen-bond acceptors (Lipinski definition) is 3. The summed E-state index contributed by atoms with van der Waals surface area (Å²) >= 11 is 0. The number of amides is 1. The molecule has 2 heterocycles. The summed E-state index contributed by atoms with van der Waals surface area (Å²) in [4.78, 5) is 27.5. The van der Waals surface area contributed by atoms with Crippen LogP contribution in [0.2, 0.25) is 0 Å². The Morgan fingerprint density at radius 3 is 2.71 bits per heavy atom. The molecule has 3 N–H and O–H groups in total. The molecule has 0 aromatic carbocycles. The van der Waals surface area contributed by atoms with Gasteiger partial charge in [0.25, 0.3) is 5.91 Å². The number of piperidine rings is 1. The minimum atomic E-state index is -0.0947. The van der Waals surface area contributed by atoms with Crippen LogP contribution in [0.1, 0.15) is 65.2 Å². The second-order valence-corrected chi connectivity index (χ2v) is 5.80. The first-order valence-corrected chi connectivity index (χ1v) is 7.78. The number of nitrogens with one attached hydrogen (secondary N) is 3. The SMILES string of the molecule is CCCc1c(C(=O)N[C@H]2CCCNC2)[nH]c(C)c1C(C)=O. The van der Waals surface area contributed by atoms with Crippen LogP contribution in [0.4, 0.5) is 0 Å². The number of ketones is 1. The molecular formula is C16H25N3O2. The highest BCUT2D eigenvalue weighted by molar-refractivity contribution is 6.02. The van der Waals surface area contributed by atoms with Gasteiger partial charge in [0.1, 0.15) is 5.69 Å². The molecule has 2 rings (SSSR count). The zero-order valence-corrected chi connectivity index (χ0v) is 13.1. The molecule has 1 atom stereocenters. The van der Waals surface area contributed by atoms with E-state index in [2.05, 4.69) is 22.5 Å². The maximum Gasteiger partial charge on any atom is 0.268 e. The molecule has 0 bridgehead atoms. The minimum absolute atomic E-state index is 0.0191. The van der Waals surface area contributed by atoms with Crippen LogP contribution in [0.25, 0.3) is 0 Å². The van der Waals surface area contributed by atoms with Crippen molar-refractivity contribution < 1.29 is 9.59 Å². The molecule has 5 heteroatoms. The number of H-pyrrole nitrogens is 1. The monoisotopic (exact) mass is 291 g/mol. The van der Waals surface area contributed by atoms with Gasteiger partial charge in [-0.05, 0) is 45.2 Å². The van der Waals surface area contributed by atoms with Crippen molar-refractivity contribution in [3.63, 3.8) is 0 Å². The number of hydrogen-bond donors (Lipinski definition) is 3. The van der Waals surface area contributed by atoms with Crippen LogP contribution in [0.5, 0.6) is 0 Å². The Kier molecular flexibility index (Phi) is 5.17. The lowest BCUT2D eigenvalue weighted by Crippen LogP contribution is -2.45. The molecular weight excluding hydrogens is 266 g/mol. The maximum atomic E-state index is 12.5. The van der Waals surface area contributed by atoms with Crippen molar-refractivity contribution >= 4 is 11.7 Å². The third-order valence-electron chi connectivity index (χ3n) is 4.00. The van der Waals surface area contributed by atoms with E-state index in [1.165, 1.54) is 0 Å². The van der Waals surface area contributed by atoms with Crippen LogP contribution in [0.15, 0.2) is 0 Å². The predicted molar refractivity (Wildman–Crippen MR) is 82.9 cm³/mol. The first-order valence-electron chi connectivity index (χ1n) is 7.78. The summed E-state index contributed by atoms with van der Waals surface area (Å²) in [7, 11) is 0. The van der Waals surface area contributed by atoms with E-state index < -0.39 is 0 Å². The van der Waals surface area contributed by atoms with Gasteiger partial charge in [0.15, 0.2) is 5.78 Å². The van der Waals surface area contributed by atoms with Crippen molar-refractivity contribution in [2.75, 3.05) is 13.1 Å². The van der Waals surface area contributed by atoms with Crippen LogP contribution in [0.3, 0.4) is 0 Å². The summed E-state index contributed by atoms with van der Waals surface area (Å²) in [5, 5.41) is 6.36. The fraction of sp³-hybridized carbons (Fsp3) is 0.625. The number of aromatic amines is 1. The summed E-state index contributed by atoms with van der Waals surface area (Å²) in [6.45, 7) is 7.30. The third kappa shape index (κ3) is 3.53. The molecule has 116 valence electrons. The molecule has 1 aliphatic rings. The number of rotatable bonds is 5. The Bertz CT molecular complexity index is 528. The van der Waals surface area contributed by atoms with E-state index in [0.29, 0.717) is 11.3 Å². The van der Waals surface area contributed by atoms with Gasteiger partial charge < -0.3 is 15.6 Å². The quantitative estimate of drug-likeness (QED) is 0.726. The van der Waals surface area contributed by atoms with Crippen LogP contribution in [-0.2, 0) is 6.42 Å². The second kappa shape index (κ2) is 6.89. The van der Waals surface area contributed by atoms with Gasteiger partial charge in [-0.1, -0.05) is 13.3 Å². The fourth-order valence-electron chi connectivity index (χ4n) is 3.08. The highest BCUT2D eigenvalue weighted by Crippen LogP contribution is 2.21. The van der Waals surface area contributed by atoms with Crippen molar-refractivity contribution in [3.8, 4) is 0 Å². The summed E-state index contributed by atoms with van der Waals surface area (Å²) in [5.74, 6) is -0.0756. The molecule has 0 radical (unpaired) electrons. The number of carbonyl (C=O) groups is 2. The van der Waals surface area contributed by atoms with Crippen molar-refractivity contribution in [1.29, 1.82) is 0 Å². The molecule has 0 aliphatic carbocycles. The minimum Gasteiger partial charge on any atom is -0.354 e. The van der Waals surface area contributed by atoms with Crippen LogP contribution in [0, 0.1) is 6.92 Å². The molecule has 5 nitrogen and oxygen atoms in total. The summed E-state index contributed by atoms with van der Waals surface area (Å²) in [5.41, 5.74) is 2.90. The van der Waals surface area contributed by atoms with Gasteiger partial charge in [-0.15, -0.1) is 0 Å². The van der Waals surface area contributed by atoms with Crippen molar-refractivity contribution in [1.82, 2.24) is 15.6 Å². The molecule has 1 saturated heterocycles. The standard InChI is InChI=1S/C16H25N3O2/c1-4-6-13-14(11(3)20)10(2)18-15(13)16(21)19-12-7-5-8-17-9-12/h12,17-18H,4-9H2,1-3H3,(H,19,21)/t12-/m0/s1. The van der Waals surface area contributed by atoms with E-state index in [-0.39, 0.29) is 17.7 Å². The van der Waals surface area contributed by atoms with E-state index in [1.54, 1.807) is 6.92 Å². The average molecular weight is 291 g/mol. The number of aromatic nitrogens is 1. The molecule has 21 heavy (non-hydrogen) atoms. The first kappa shape index (κ1) is 15.8. The van der Waals surface area contributed by atoms with Crippen LogP contribution >= 0.6 is 0 Å². The first-order chi connectivity index (χ1) is 10.0. The van der Waals surface area contributed by atoms with Gasteiger partial charge in [0, 0.05) is 23.8 Å². The van der Waals surface area contributed by atoms with Gasteiger partial charge in [0.2, 0.25) is 0 Å². The van der Waals surface area contributed by atoms with Crippen molar-refractivity contribution in [2.24, 2.45) is 0 Å². The van der Waals surface area contributed by atoms with Gasteiger partial charge in [-0.2, -0.15) is 0 Å². The zero-order chi connectivity index (χ0) is 15.4. The van der Waals surface area contributed by atoms with Gasteiger partial charge >= 0.3 is 0 Å². The Morgan fingerprint density at radius 2 is 2.14 bits per heavy atom. The Balaban J connectivity index is 2.23. The Labute approximate surface area is 125 Å². The maximum absolute atomic E-state index is 12.5. The van der Waals surface area contributed by atoms with Gasteiger partial charge in [-0.3, -0.25) is 9.59 Å². The highest BCUT2D eigenvalue weighted by Gasteiger charge is 2.24. The third-order valence-corrected chi connectivity index (χ3v) is 4.00. The zero-order valence-electron chi connectivity index (χ0n) is 13.1. The van der Waals surface area contributed by atoms with E-state index in [4.69, 9.17) is 0 Å². The molecule has 1 aliphatic heterocycles. The lowest BCUT2D eigenvalue weighted by Gasteiger charge is -2.23. The van der Waals surface area contributed by atoms with Crippen LogP contribution in [-0.4, -0.2) is 35.8 Å². The summed E-state index contributed by atoms with van der Waals surface area (Å²) in [6, 6.07) is 0.171. The number of Topliss-reactive ketones (excluding diaryl/α,β-unsaturated/α-hetero) is 1. The molecule has 1 fully saturated rings. The normalized spacial score (nSPS) is 18.5. The Morgan fingerprint density at radius 1 is 1.38 bits per heavy atom. The summed E-state index contributed by atoms with van der Waals surface area (Å²) in [6.07, 6.45) is 3.73. The van der Waals surface area contributed by atoms with Crippen LogP contribution < -0.4 is 10.6 Å². The number of aryl methyl sites for hydroxylation is 1. The Hall–Kier alpha value is -1.62. The van der Waals surface area contributed by atoms with E-state index in [1.807, 2.05) is 6.92 Å². The van der Waals surface area contributed by atoms with E-state index in [0.717, 1.165) is 50.0 Å². The van der Waals surface area contributed by atoms with Gasteiger partial charge in [-0.25, -0.2) is 0 Å². The number of carbonyl (C=O) groups excluding carboxylic acids is 2. The molecule has 1 aromatic rings. The fourth-order valence-corrected chi connectivity index (χ4v) is 3.08. The van der Waals surface area contributed by atoms with E-state index in [9.17, 15) is 9.59 Å². The molecule has 1 aromatic heterocycles. The molecule has 0 spiro atoms. The molecule has 0 unspecified atom stereocenters. The average Bonchev–Trinajstić information content (AvgIpc) is 2.77. The highest BCUT2D eigenvalue weighted by atomic mass is 16.2. The largest absolute Gasteiger partial charge is 0.354 e. The molecule has 0 saturated carbocycles. The second-order valence-electron chi connectivity index (χ2n) is 5.80. The molecule has 1 amide bonds. The van der Waals surface area contributed by atoms with Crippen molar-refractivity contribution in [2.45, 2.75) is 52.5 Å². The van der Waals surface area contributed by atoms with E-state index >= 15 is 0 Å². The summed E-state index contributed by atoms with van der Waals surface area (Å²) < 4.78 is 0. The lowest BCUT2D eigenvalue weighted by atomic mass is 10.0. The van der Waals surface area contributed by atoms with Crippen molar-refractivity contribution in [3.05, 3.63) is 22.5 Å². The lowest BCUT2D eigenvalue weighted by molar-refractivity contribution is 0.0925. The predicted octanol–water partition coefficient (Wildman–Crippen LogP) is 1.96. The topological polar surface area (TPSA) is 74.0 Å².